The van der Waals surface area contributed by atoms with Crippen molar-refractivity contribution in [3.8, 4) is 0 Å². The Morgan fingerprint density at radius 1 is 0.962 bits per heavy atom. The molecule has 138 valence electrons. The first-order valence-electron chi connectivity index (χ1n) is 8.28. The lowest BCUT2D eigenvalue weighted by molar-refractivity contribution is 0.0902. The Balaban J connectivity index is 0.00000243. The predicted octanol–water partition coefficient (Wildman–Crippen LogP) is 3.86. The zero-order chi connectivity index (χ0) is 17.5. The van der Waals surface area contributed by atoms with Gasteiger partial charge in [0.2, 0.25) is 0 Å². The summed E-state index contributed by atoms with van der Waals surface area (Å²) in [6.07, 6.45) is -0.482. The van der Waals surface area contributed by atoms with Crippen LogP contribution in [0.3, 0.4) is 0 Å². The van der Waals surface area contributed by atoms with Gasteiger partial charge >= 0.3 is 6.09 Å². The van der Waals surface area contributed by atoms with E-state index in [-0.39, 0.29) is 27.2 Å². The van der Waals surface area contributed by atoms with Crippen LogP contribution in [-0.2, 0) is 16.1 Å². The van der Waals surface area contributed by atoms with Gasteiger partial charge in [0.1, 0.15) is 6.61 Å². The summed E-state index contributed by atoms with van der Waals surface area (Å²) < 4.78 is 10.5. The van der Waals surface area contributed by atoms with Crippen LogP contribution in [0.25, 0.3) is 21.5 Å². The number of hydrogen-bond acceptors (Lipinski definition) is 4. The number of hydrogen-bond donors (Lipinski definition) is 2. The Morgan fingerprint density at radius 2 is 1.58 bits per heavy atom. The molecule has 0 atom stereocenters. The predicted molar refractivity (Wildman–Crippen MR) is 104 cm³/mol. The molecule has 0 radical (unpaired) electrons. The van der Waals surface area contributed by atoms with E-state index in [1.165, 1.54) is 0 Å². The van der Waals surface area contributed by atoms with Crippen LogP contribution in [0, 0.1) is 0 Å². The number of rotatable bonds is 7. The smallest absolute Gasteiger partial charge is 0.407 e. The Morgan fingerprint density at radius 3 is 2.19 bits per heavy atom. The molecule has 0 aliphatic heterocycles. The van der Waals surface area contributed by atoms with Crippen LogP contribution in [0.5, 0.6) is 0 Å². The van der Waals surface area contributed by atoms with Gasteiger partial charge < -0.3 is 19.9 Å². The summed E-state index contributed by atoms with van der Waals surface area (Å²) in [5.74, 6) is 0. The standard InChI is InChI=1S/C20H21NO4.CH4/c22-10-12-24-11-9-21-20(23)25-14-19-17-7-3-1-5-15(17)13-16-6-2-4-8-18(16)19;/h1-8,13,22H,9-12,14H2,(H,21,23);1H4. The maximum atomic E-state index is 11.9. The largest absolute Gasteiger partial charge is 0.445 e. The molecule has 26 heavy (non-hydrogen) atoms. The molecule has 0 aromatic heterocycles. The Hall–Kier alpha value is -2.63. The molecule has 3 aromatic carbocycles. The zero-order valence-electron chi connectivity index (χ0n) is 13.9. The summed E-state index contributed by atoms with van der Waals surface area (Å²) in [6.45, 7) is 1.12. The molecule has 0 heterocycles. The van der Waals surface area contributed by atoms with Gasteiger partial charge in [0.15, 0.2) is 0 Å². The highest BCUT2D eigenvalue weighted by molar-refractivity contribution is 6.02. The van der Waals surface area contributed by atoms with Crippen molar-refractivity contribution in [2.45, 2.75) is 14.0 Å². The first-order chi connectivity index (χ1) is 12.3. The van der Waals surface area contributed by atoms with Crippen molar-refractivity contribution in [1.29, 1.82) is 0 Å². The van der Waals surface area contributed by atoms with E-state index >= 15 is 0 Å². The molecular formula is C21H25NO4. The highest BCUT2D eigenvalue weighted by atomic mass is 16.5. The SMILES string of the molecule is C.O=C(NCCOCCO)OCc1c2ccccc2cc2ccccc12. The minimum Gasteiger partial charge on any atom is -0.445 e. The van der Waals surface area contributed by atoms with Crippen molar-refractivity contribution in [3.63, 3.8) is 0 Å². The van der Waals surface area contributed by atoms with Gasteiger partial charge in [-0.15, -0.1) is 0 Å². The van der Waals surface area contributed by atoms with Crippen LogP contribution in [0.4, 0.5) is 4.79 Å². The molecule has 0 spiro atoms. The average Bonchev–Trinajstić information content (AvgIpc) is 2.65. The second-order valence-electron chi connectivity index (χ2n) is 5.64. The number of amides is 1. The summed E-state index contributed by atoms with van der Waals surface area (Å²) in [7, 11) is 0. The van der Waals surface area contributed by atoms with E-state index in [9.17, 15) is 4.79 Å². The quantitative estimate of drug-likeness (QED) is 0.499. The van der Waals surface area contributed by atoms with Crippen molar-refractivity contribution in [2.75, 3.05) is 26.4 Å². The fourth-order valence-electron chi connectivity index (χ4n) is 2.84. The molecule has 3 rings (SSSR count). The molecule has 5 heteroatoms. The third-order valence-electron chi connectivity index (χ3n) is 3.98. The molecule has 5 nitrogen and oxygen atoms in total. The lowest BCUT2D eigenvalue weighted by atomic mass is 9.97. The fourth-order valence-corrected chi connectivity index (χ4v) is 2.84. The van der Waals surface area contributed by atoms with E-state index in [1.54, 1.807) is 0 Å². The van der Waals surface area contributed by atoms with Crippen LogP contribution in [0.2, 0.25) is 0 Å². The highest BCUT2D eigenvalue weighted by Gasteiger charge is 2.10. The molecular weight excluding hydrogens is 330 g/mol. The van der Waals surface area contributed by atoms with Gasteiger partial charge in [-0.1, -0.05) is 56.0 Å². The molecule has 0 saturated carbocycles. The van der Waals surface area contributed by atoms with Crippen molar-refractivity contribution in [3.05, 3.63) is 60.2 Å². The van der Waals surface area contributed by atoms with E-state index in [2.05, 4.69) is 23.5 Å². The molecule has 2 N–H and O–H groups in total. The van der Waals surface area contributed by atoms with Gasteiger partial charge in [-0.05, 0) is 27.6 Å². The number of carbonyl (C=O) groups is 1. The maximum absolute atomic E-state index is 11.9. The zero-order valence-corrected chi connectivity index (χ0v) is 13.9. The van der Waals surface area contributed by atoms with Crippen molar-refractivity contribution in [1.82, 2.24) is 5.32 Å². The van der Waals surface area contributed by atoms with Crippen molar-refractivity contribution in [2.24, 2.45) is 0 Å². The first kappa shape index (κ1) is 19.7. The normalized spacial score (nSPS) is 10.5. The van der Waals surface area contributed by atoms with Crippen LogP contribution in [0.1, 0.15) is 13.0 Å². The van der Waals surface area contributed by atoms with Crippen molar-refractivity contribution >= 4 is 27.6 Å². The summed E-state index contributed by atoms with van der Waals surface area (Å²) in [5.41, 5.74) is 1.00. The number of benzene rings is 3. The van der Waals surface area contributed by atoms with Crippen LogP contribution >= 0.6 is 0 Å². The lowest BCUT2D eigenvalue weighted by Gasteiger charge is -2.12. The van der Waals surface area contributed by atoms with Crippen LogP contribution in [0.15, 0.2) is 54.6 Å². The number of ether oxygens (including phenoxy) is 2. The van der Waals surface area contributed by atoms with E-state index < -0.39 is 6.09 Å². The van der Waals surface area contributed by atoms with Gasteiger partial charge in [0.25, 0.3) is 0 Å². The summed E-state index contributed by atoms with van der Waals surface area (Å²) in [6, 6.07) is 18.3. The van der Waals surface area contributed by atoms with Gasteiger partial charge in [-0.25, -0.2) is 4.79 Å². The second-order valence-corrected chi connectivity index (χ2v) is 5.64. The summed E-state index contributed by atoms with van der Waals surface area (Å²) >= 11 is 0. The number of fused-ring (bicyclic) bond motifs is 2. The lowest BCUT2D eigenvalue weighted by Crippen LogP contribution is -2.28. The summed E-state index contributed by atoms with van der Waals surface area (Å²) in [4.78, 5) is 11.9. The molecule has 0 bridgehead atoms. The van der Waals surface area contributed by atoms with Crippen LogP contribution < -0.4 is 5.32 Å². The van der Waals surface area contributed by atoms with E-state index in [0.29, 0.717) is 13.2 Å². The van der Waals surface area contributed by atoms with E-state index in [1.807, 2.05) is 36.4 Å². The molecule has 3 aromatic rings. The van der Waals surface area contributed by atoms with Gasteiger partial charge in [0.05, 0.1) is 19.8 Å². The molecule has 0 saturated heterocycles. The third kappa shape index (κ3) is 4.71. The van der Waals surface area contributed by atoms with Gasteiger partial charge in [-0.3, -0.25) is 0 Å². The highest BCUT2D eigenvalue weighted by Crippen LogP contribution is 2.28. The number of nitrogens with one attached hydrogen (secondary N) is 1. The molecule has 0 fully saturated rings. The maximum Gasteiger partial charge on any atom is 0.407 e. The van der Waals surface area contributed by atoms with Crippen molar-refractivity contribution < 1.29 is 19.4 Å². The number of aliphatic hydroxyl groups is 1. The Kier molecular flexibility index (Phi) is 7.38. The molecule has 1 amide bonds. The molecule has 0 aliphatic rings. The minimum absolute atomic E-state index is 0. The minimum atomic E-state index is -0.482. The fraction of sp³-hybridized carbons (Fsp3) is 0.286. The van der Waals surface area contributed by atoms with Gasteiger partial charge in [-0.2, -0.15) is 0 Å². The molecule has 0 unspecified atom stereocenters. The first-order valence-corrected chi connectivity index (χ1v) is 8.28. The molecule has 0 aliphatic carbocycles. The Labute approximate surface area is 153 Å². The van der Waals surface area contributed by atoms with E-state index in [4.69, 9.17) is 14.6 Å². The topological polar surface area (TPSA) is 67.8 Å². The van der Waals surface area contributed by atoms with Crippen LogP contribution in [-0.4, -0.2) is 37.6 Å². The number of alkyl carbamates (subject to hydrolysis) is 1. The number of aliphatic hydroxyl groups excluding tert-OH is 1. The third-order valence-corrected chi connectivity index (χ3v) is 3.98. The second kappa shape index (κ2) is 9.75. The average molecular weight is 355 g/mol. The number of carbonyl (C=O) groups excluding carboxylic acids is 1. The summed E-state index contributed by atoms with van der Waals surface area (Å²) in [5, 5.41) is 15.7. The van der Waals surface area contributed by atoms with Gasteiger partial charge in [0, 0.05) is 12.1 Å². The van der Waals surface area contributed by atoms with E-state index in [0.717, 1.165) is 27.1 Å². The monoisotopic (exact) mass is 355 g/mol. The Bertz CT molecular complexity index is 809.